The normalized spacial score (nSPS) is 18.6. The number of alkyl halides is 4. The van der Waals surface area contributed by atoms with Gasteiger partial charge < -0.3 is 14.4 Å². The van der Waals surface area contributed by atoms with Crippen molar-refractivity contribution < 1.29 is 44.8 Å². The molecular formula is C25H26F4N4O6S2. The summed E-state index contributed by atoms with van der Waals surface area (Å²) in [6, 6.07) is 5.72. The summed E-state index contributed by atoms with van der Waals surface area (Å²) < 4.78 is 96.9. The lowest BCUT2D eigenvalue weighted by Gasteiger charge is -2.31. The van der Waals surface area contributed by atoms with Crippen LogP contribution in [0.25, 0.3) is 0 Å². The van der Waals surface area contributed by atoms with E-state index in [1.165, 1.54) is 16.2 Å². The average molecular weight is 619 g/mol. The Balaban J connectivity index is 1.18. The summed E-state index contributed by atoms with van der Waals surface area (Å²) in [5.74, 6) is -0.977. The van der Waals surface area contributed by atoms with Crippen LogP contribution < -0.4 is 0 Å². The summed E-state index contributed by atoms with van der Waals surface area (Å²) in [5.41, 5.74) is 0.862. The number of rotatable bonds is 8. The monoisotopic (exact) mass is 618 g/mol. The third-order valence-corrected chi connectivity index (χ3v) is 8.72. The maximum Gasteiger partial charge on any atom is 0.282 e. The predicted octanol–water partition coefficient (Wildman–Crippen LogP) is 4.75. The first-order chi connectivity index (χ1) is 19.5. The molecule has 0 radical (unpaired) electrons. The highest BCUT2D eigenvalue weighted by molar-refractivity contribution is 7.85. The third-order valence-electron chi connectivity index (χ3n) is 7.02. The van der Waals surface area contributed by atoms with Gasteiger partial charge in [-0.05, 0) is 35.6 Å². The van der Waals surface area contributed by atoms with Gasteiger partial charge in [0, 0.05) is 24.4 Å². The highest BCUT2D eigenvalue weighted by Gasteiger charge is 2.30. The molecule has 2 aliphatic rings. The number of thiazole rings is 1. The minimum Gasteiger partial charge on any atom is -0.342 e. The van der Waals surface area contributed by atoms with Gasteiger partial charge in [0.05, 0.1) is 18.2 Å². The van der Waals surface area contributed by atoms with E-state index in [2.05, 4.69) is 5.10 Å². The first kappa shape index (κ1) is 29.6. The van der Waals surface area contributed by atoms with Crippen molar-refractivity contribution in [2.75, 3.05) is 13.1 Å². The first-order valence-corrected chi connectivity index (χ1v) is 15.1. The number of hydrogen-bond donors (Lipinski definition) is 1. The largest absolute Gasteiger partial charge is 0.342 e. The number of carbonyl (C=O) groups excluding carboxylic acids is 1. The SMILES string of the molecule is O=C(Cn1nc(C(F)F)cc1C(F)F)N1CCC(c2nc(C3OCc4cccc(CS(=O)(=O)O)c4CO3)cs2)CC1. The van der Waals surface area contributed by atoms with Crippen LogP contribution in [-0.2, 0) is 49.9 Å². The van der Waals surface area contributed by atoms with Gasteiger partial charge in [0.1, 0.15) is 29.4 Å². The Labute approximate surface area is 236 Å². The molecule has 0 bridgehead atoms. The minimum atomic E-state index is -4.22. The molecule has 10 nitrogen and oxygen atoms in total. The van der Waals surface area contributed by atoms with Gasteiger partial charge >= 0.3 is 0 Å². The fraction of sp³-hybridized carbons (Fsp3) is 0.480. The van der Waals surface area contributed by atoms with Crippen LogP contribution in [0.5, 0.6) is 0 Å². The molecular weight excluding hydrogens is 592 g/mol. The van der Waals surface area contributed by atoms with E-state index in [9.17, 15) is 35.3 Å². The highest BCUT2D eigenvalue weighted by atomic mass is 32.2. The van der Waals surface area contributed by atoms with E-state index < -0.39 is 58.9 Å². The van der Waals surface area contributed by atoms with Crippen molar-refractivity contribution in [2.24, 2.45) is 0 Å². The molecule has 0 spiro atoms. The van der Waals surface area contributed by atoms with Gasteiger partial charge in [-0.1, -0.05) is 18.2 Å². The Morgan fingerprint density at radius 1 is 1.12 bits per heavy atom. The Morgan fingerprint density at radius 3 is 2.54 bits per heavy atom. The van der Waals surface area contributed by atoms with Gasteiger partial charge in [-0.3, -0.25) is 14.0 Å². The lowest BCUT2D eigenvalue weighted by Crippen LogP contribution is -2.40. The number of halogens is 4. The molecule has 16 heteroatoms. The number of amides is 1. The summed E-state index contributed by atoms with van der Waals surface area (Å²) in [4.78, 5) is 18.9. The lowest BCUT2D eigenvalue weighted by molar-refractivity contribution is -0.155. The van der Waals surface area contributed by atoms with Crippen molar-refractivity contribution in [2.45, 2.75) is 63.4 Å². The Morgan fingerprint density at radius 2 is 1.85 bits per heavy atom. The second kappa shape index (κ2) is 12.1. The summed E-state index contributed by atoms with van der Waals surface area (Å²) in [6.45, 7) is 0.362. The summed E-state index contributed by atoms with van der Waals surface area (Å²) >= 11 is 1.42. The Kier molecular flexibility index (Phi) is 8.75. The smallest absolute Gasteiger partial charge is 0.282 e. The number of aromatic nitrogens is 3. The van der Waals surface area contributed by atoms with Crippen molar-refractivity contribution in [1.29, 1.82) is 0 Å². The summed E-state index contributed by atoms with van der Waals surface area (Å²) in [5, 5.41) is 6.12. The van der Waals surface area contributed by atoms with Crippen molar-refractivity contribution in [3.05, 3.63) is 68.4 Å². The van der Waals surface area contributed by atoms with Crippen LogP contribution in [0.4, 0.5) is 17.6 Å². The zero-order chi connectivity index (χ0) is 29.3. The first-order valence-electron chi connectivity index (χ1n) is 12.6. The zero-order valence-electron chi connectivity index (χ0n) is 21.5. The van der Waals surface area contributed by atoms with Crippen LogP contribution in [0.15, 0.2) is 29.6 Å². The molecule has 5 rings (SSSR count). The van der Waals surface area contributed by atoms with E-state index in [4.69, 9.17) is 14.5 Å². The molecule has 1 unspecified atom stereocenters. The zero-order valence-corrected chi connectivity index (χ0v) is 23.1. The Hall–Kier alpha value is -2.92. The predicted molar refractivity (Wildman–Crippen MR) is 137 cm³/mol. The molecule has 1 aromatic carbocycles. The van der Waals surface area contributed by atoms with Gasteiger partial charge in [0.2, 0.25) is 12.2 Å². The van der Waals surface area contributed by atoms with Gasteiger partial charge in [-0.15, -0.1) is 11.3 Å². The van der Waals surface area contributed by atoms with Crippen LogP contribution >= 0.6 is 11.3 Å². The van der Waals surface area contributed by atoms with E-state index in [0.29, 0.717) is 53.5 Å². The lowest BCUT2D eigenvalue weighted by atomic mass is 9.97. The van der Waals surface area contributed by atoms with Crippen LogP contribution in [0.1, 0.15) is 76.7 Å². The molecule has 1 amide bonds. The fourth-order valence-corrected chi connectivity index (χ4v) is 6.60. The average Bonchev–Trinajstić information content (AvgIpc) is 3.51. The molecule has 2 aliphatic heterocycles. The van der Waals surface area contributed by atoms with E-state index in [0.717, 1.165) is 10.6 Å². The number of benzene rings is 1. The van der Waals surface area contributed by atoms with E-state index in [-0.39, 0.29) is 19.1 Å². The van der Waals surface area contributed by atoms with Crippen molar-refractivity contribution >= 4 is 27.4 Å². The molecule has 2 aromatic heterocycles. The second-order valence-corrected chi connectivity index (χ2v) is 12.1. The number of carbonyl (C=O) groups is 1. The minimum absolute atomic E-state index is 0.0360. The van der Waals surface area contributed by atoms with Crippen LogP contribution in [0.3, 0.4) is 0 Å². The standard InChI is InChI=1S/C25H26F4N4O6S2/c26-22(27)18-8-20(23(28)29)33(31-18)9-21(34)32-6-4-14(5-7-32)24-30-19(12-40-24)25-38-10-15-2-1-3-16(13-41(35,36)37)17(15)11-39-25/h1-3,8,12,14,22-23,25H,4-7,9-11,13H2,(H,35,36,37). The molecule has 1 fully saturated rings. The molecule has 1 saturated heterocycles. The number of nitrogens with zero attached hydrogens (tertiary/aromatic N) is 4. The van der Waals surface area contributed by atoms with Crippen LogP contribution in [0.2, 0.25) is 0 Å². The van der Waals surface area contributed by atoms with Crippen molar-refractivity contribution in [3.63, 3.8) is 0 Å². The molecule has 41 heavy (non-hydrogen) atoms. The Bertz CT molecular complexity index is 1510. The molecule has 1 N–H and O–H groups in total. The molecule has 0 saturated carbocycles. The van der Waals surface area contributed by atoms with Gasteiger partial charge in [-0.2, -0.15) is 13.5 Å². The van der Waals surface area contributed by atoms with Crippen LogP contribution in [-0.4, -0.2) is 51.6 Å². The summed E-state index contributed by atoms with van der Waals surface area (Å²) in [6.07, 6.45) is -5.71. The van der Waals surface area contributed by atoms with E-state index >= 15 is 0 Å². The molecule has 4 heterocycles. The molecule has 3 aromatic rings. The maximum absolute atomic E-state index is 13.3. The van der Waals surface area contributed by atoms with E-state index in [1.54, 1.807) is 18.2 Å². The molecule has 1 atom stereocenters. The maximum atomic E-state index is 13.3. The van der Waals surface area contributed by atoms with Gasteiger partial charge in [0.15, 0.2) is 0 Å². The van der Waals surface area contributed by atoms with Gasteiger partial charge in [-0.25, -0.2) is 22.5 Å². The molecule has 0 aliphatic carbocycles. The third kappa shape index (κ3) is 6.94. The second-order valence-electron chi connectivity index (χ2n) is 9.75. The quantitative estimate of drug-likeness (QED) is 0.283. The number of ether oxygens (including phenoxy) is 2. The van der Waals surface area contributed by atoms with Crippen molar-refractivity contribution in [3.8, 4) is 0 Å². The topological polar surface area (TPSA) is 124 Å². The highest BCUT2D eigenvalue weighted by Crippen LogP contribution is 2.35. The number of piperidine rings is 1. The molecule has 222 valence electrons. The van der Waals surface area contributed by atoms with Crippen LogP contribution in [0, 0.1) is 0 Å². The number of hydrogen-bond acceptors (Lipinski definition) is 8. The summed E-state index contributed by atoms with van der Waals surface area (Å²) in [7, 11) is -4.22. The number of fused-ring (bicyclic) bond motifs is 1. The van der Waals surface area contributed by atoms with Gasteiger partial charge in [0.25, 0.3) is 23.0 Å². The van der Waals surface area contributed by atoms with Crippen molar-refractivity contribution in [1.82, 2.24) is 19.7 Å². The van der Waals surface area contributed by atoms with E-state index in [1.807, 2.05) is 5.38 Å². The fourth-order valence-electron chi connectivity index (χ4n) is 4.94. The number of likely N-dealkylation sites (tertiary alicyclic amines) is 1.